The lowest BCUT2D eigenvalue weighted by Gasteiger charge is -2.07. The van der Waals surface area contributed by atoms with E-state index < -0.39 is 12.0 Å². The van der Waals surface area contributed by atoms with Crippen LogP contribution in [0.4, 0.5) is 0 Å². The molecule has 2 atom stereocenters. The molecule has 4 nitrogen and oxygen atoms in total. The zero-order valence-electron chi connectivity index (χ0n) is 6.66. The van der Waals surface area contributed by atoms with Crippen LogP contribution < -0.4 is 5.32 Å². The number of aliphatic hydroxyl groups excluding tert-OH is 1. The molecule has 0 aliphatic rings. The highest BCUT2D eigenvalue weighted by Gasteiger charge is 2.10. The van der Waals surface area contributed by atoms with Crippen molar-refractivity contribution in [2.75, 3.05) is 6.54 Å². The molecule has 0 aromatic carbocycles. The van der Waals surface area contributed by atoms with Gasteiger partial charge in [-0.05, 0) is 13.8 Å². The number of hydrogen-bond acceptors (Lipinski definition) is 3. The van der Waals surface area contributed by atoms with E-state index >= 15 is 0 Å². The minimum absolute atomic E-state index is 0.199. The highest BCUT2D eigenvalue weighted by molar-refractivity contribution is 5.80. The van der Waals surface area contributed by atoms with Gasteiger partial charge in [-0.25, -0.2) is 0 Å². The van der Waals surface area contributed by atoms with Crippen molar-refractivity contribution in [3.8, 4) is 6.07 Å². The van der Waals surface area contributed by atoms with Crippen LogP contribution in [-0.4, -0.2) is 23.7 Å². The van der Waals surface area contributed by atoms with Crippen LogP contribution in [0.1, 0.15) is 13.8 Å². The maximum absolute atomic E-state index is 10.8. The fourth-order valence-electron chi connectivity index (χ4n) is 0.460. The Labute approximate surface area is 65.8 Å². The van der Waals surface area contributed by atoms with Crippen LogP contribution >= 0.6 is 0 Å². The van der Waals surface area contributed by atoms with Crippen molar-refractivity contribution in [3.05, 3.63) is 0 Å². The van der Waals surface area contributed by atoms with Crippen molar-refractivity contribution >= 4 is 5.91 Å². The summed E-state index contributed by atoms with van der Waals surface area (Å²) in [5, 5.41) is 19.5. The molecule has 2 N–H and O–H groups in total. The van der Waals surface area contributed by atoms with Crippen molar-refractivity contribution in [1.82, 2.24) is 5.32 Å². The van der Waals surface area contributed by atoms with Crippen LogP contribution in [0.5, 0.6) is 0 Å². The number of carbonyl (C=O) groups is 1. The standard InChI is InChI=1S/C7H12N2O2/c1-5(3-8)7(11)9-4-6(2)10/h5-6,10H,4H2,1-2H3,(H,9,11)/t5?,6-/m0/s1. The smallest absolute Gasteiger partial charge is 0.237 e. The van der Waals surface area contributed by atoms with Gasteiger partial charge in [0, 0.05) is 6.54 Å². The molecule has 1 unspecified atom stereocenters. The Kier molecular flexibility index (Phi) is 4.23. The first-order valence-corrected chi connectivity index (χ1v) is 3.43. The van der Waals surface area contributed by atoms with Gasteiger partial charge >= 0.3 is 0 Å². The number of nitrogens with zero attached hydrogens (tertiary/aromatic N) is 1. The molecule has 0 aliphatic heterocycles. The quantitative estimate of drug-likeness (QED) is 0.586. The number of rotatable bonds is 3. The average molecular weight is 156 g/mol. The van der Waals surface area contributed by atoms with E-state index in [0.29, 0.717) is 0 Å². The molecule has 1 amide bonds. The summed E-state index contributed by atoms with van der Waals surface area (Å²) >= 11 is 0. The molecule has 11 heavy (non-hydrogen) atoms. The Morgan fingerprint density at radius 1 is 1.73 bits per heavy atom. The SMILES string of the molecule is CC(C#N)C(=O)NC[C@H](C)O. The molecule has 0 saturated carbocycles. The first kappa shape index (κ1) is 9.92. The Bertz CT molecular complexity index is 172. The largest absolute Gasteiger partial charge is 0.392 e. The van der Waals surface area contributed by atoms with E-state index in [0.717, 1.165) is 0 Å². The second kappa shape index (κ2) is 4.69. The predicted molar refractivity (Wildman–Crippen MR) is 39.5 cm³/mol. The third kappa shape index (κ3) is 4.34. The summed E-state index contributed by atoms with van der Waals surface area (Å²) in [7, 11) is 0. The monoisotopic (exact) mass is 156 g/mol. The van der Waals surface area contributed by atoms with E-state index in [-0.39, 0.29) is 12.5 Å². The Balaban J connectivity index is 3.63. The highest BCUT2D eigenvalue weighted by Crippen LogP contribution is 1.90. The van der Waals surface area contributed by atoms with E-state index in [1.165, 1.54) is 6.92 Å². The van der Waals surface area contributed by atoms with Gasteiger partial charge in [0.05, 0.1) is 12.2 Å². The lowest BCUT2D eigenvalue weighted by atomic mass is 10.2. The van der Waals surface area contributed by atoms with Crippen molar-refractivity contribution in [1.29, 1.82) is 5.26 Å². The van der Waals surface area contributed by atoms with Gasteiger partial charge in [0.1, 0.15) is 5.92 Å². The van der Waals surface area contributed by atoms with Gasteiger partial charge in [-0.1, -0.05) is 0 Å². The minimum atomic E-state index is -0.645. The molecule has 4 heteroatoms. The normalized spacial score (nSPS) is 14.7. The van der Waals surface area contributed by atoms with Crippen molar-refractivity contribution in [2.24, 2.45) is 5.92 Å². The molecule has 0 radical (unpaired) electrons. The van der Waals surface area contributed by atoms with Gasteiger partial charge in [0.15, 0.2) is 0 Å². The lowest BCUT2D eigenvalue weighted by molar-refractivity contribution is -0.123. The summed E-state index contributed by atoms with van der Waals surface area (Å²) in [5.41, 5.74) is 0. The number of hydrogen-bond donors (Lipinski definition) is 2. The molecule has 0 aromatic heterocycles. The van der Waals surface area contributed by atoms with Crippen LogP contribution in [0, 0.1) is 17.2 Å². The second-order valence-electron chi connectivity index (χ2n) is 2.44. The summed E-state index contributed by atoms with van der Waals surface area (Å²) in [6, 6.07) is 1.79. The maximum atomic E-state index is 10.8. The number of aliphatic hydroxyl groups is 1. The predicted octanol–water partition coefficient (Wildman–Crippen LogP) is -0.357. The van der Waals surface area contributed by atoms with E-state index in [4.69, 9.17) is 10.4 Å². The Morgan fingerprint density at radius 3 is 2.64 bits per heavy atom. The van der Waals surface area contributed by atoms with Gasteiger partial charge in [0.2, 0.25) is 5.91 Å². The number of nitrogens with one attached hydrogen (secondary N) is 1. The first-order valence-electron chi connectivity index (χ1n) is 3.43. The third-order valence-corrected chi connectivity index (χ3v) is 1.16. The molecular formula is C7H12N2O2. The molecule has 0 bridgehead atoms. The number of nitriles is 1. The van der Waals surface area contributed by atoms with Gasteiger partial charge in [-0.15, -0.1) is 0 Å². The topological polar surface area (TPSA) is 73.1 Å². The molecule has 0 spiro atoms. The van der Waals surface area contributed by atoms with E-state index in [9.17, 15) is 4.79 Å². The summed E-state index contributed by atoms with van der Waals surface area (Å²) < 4.78 is 0. The maximum Gasteiger partial charge on any atom is 0.237 e. The minimum Gasteiger partial charge on any atom is -0.392 e. The zero-order valence-corrected chi connectivity index (χ0v) is 6.66. The molecule has 0 heterocycles. The van der Waals surface area contributed by atoms with Crippen LogP contribution in [0.25, 0.3) is 0 Å². The lowest BCUT2D eigenvalue weighted by Crippen LogP contribution is -2.33. The van der Waals surface area contributed by atoms with Gasteiger partial charge < -0.3 is 10.4 Å². The molecule has 0 aromatic rings. The molecular weight excluding hydrogens is 144 g/mol. The second-order valence-corrected chi connectivity index (χ2v) is 2.44. The summed E-state index contributed by atoms with van der Waals surface area (Å²) in [5.74, 6) is -0.984. The van der Waals surface area contributed by atoms with Crippen molar-refractivity contribution in [2.45, 2.75) is 20.0 Å². The highest BCUT2D eigenvalue weighted by atomic mass is 16.3. The fraction of sp³-hybridized carbons (Fsp3) is 0.714. The van der Waals surface area contributed by atoms with Crippen LogP contribution in [-0.2, 0) is 4.79 Å². The van der Waals surface area contributed by atoms with Gasteiger partial charge in [0.25, 0.3) is 0 Å². The number of amides is 1. The van der Waals surface area contributed by atoms with Crippen molar-refractivity contribution in [3.63, 3.8) is 0 Å². The summed E-state index contributed by atoms with van der Waals surface area (Å²) in [6.45, 7) is 3.28. The van der Waals surface area contributed by atoms with Gasteiger partial charge in [-0.2, -0.15) is 5.26 Å². The Hall–Kier alpha value is -1.08. The van der Waals surface area contributed by atoms with E-state index in [1.54, 1.807) is 13.0 Å². The summed E-state index contributed by atoms with van der Waals surface area (Å²) in [6.07, 6.45) is -0.565. The molecule has 0 saturated heterocycles. The van der Waals surface area contributed by atoms with Crippen molar-refractivity contribution < 1.29 is 9.90 Å². The van der Waals surface area contributed by atoms with Crippen LogP contribution in [0.15, 0.2) is 0 Å². The molecule has 62 valence electrons. The third-order valence-electron chi connectivity index (χ3n) is 1.16. The Morgan fingerprint density at radius 2 is 2.27 bits per heavy atom. The first-order chi connectivity index (χ1) is 5.07. The van der Waals surface area contributed by atoms with E-state index in [1.807, 2.05) is 0 Å². The zero-order chi connectivity index (χ0) is 8.85. The van der Waals surface area contributed by atoms with Crippen LogP contribution in [0.2, 0.25) is 0 Å². The fourth-order valence-corrected chi connectivity index (χ4v) is 0.460. The molecule has 0 fully saturated rings. The van der Waals surface area contributed by atoms with E-state index in [2.05, 4.69) is 5.32 Å². The van der Waals surface area contributed by atoms with Crippen LogP contribution in [0.3, 0.4) is 0 Å². The summed E-state index contributed by atoms with van der Waals surface area (Å²) in [4.78, 5) is 10.8. The molecule has 0 rings (SSSR count). The average Bonchev–Trinajstić information content (AvgIpc) is 1.98. The van der Waals surface area contributed by atoms with Gasteiger partial charge in [-0.3, -0.25) is 4.79 Å². The molecule has 0 aliphatic carbocycles. The number of carbonyl (C=O) groups excluding carboxylic acids is 1.